The number of fused-ring (bicyclic) bond motifs is 1. The summed E-state index contributed by atoms with van der Waals surface area (Å²) in [6, 6.07) is 3.49. The van der Waals surface area contributed by atoms with E-state index in [9.17, 15) is 4.21 Å². The third-order valence-electron chi connectivity index (χ3n) is 1.64. The van der Waals surface area contributed by atoms with Gasteiger partial charge in [0.05, 0.1) is 5.69 Å². The van der Waals surface area contributed by atoms with Gasteiger partial charge in [-0.15, -0.1) is 0 Å². The molecule has 12 heavy (non-hydrogen) atoms. The van der Waals surface area contributed by atoms with Gasteiger partial charge in [-0.3, -0.25) is 0 Å². The molecule has 2 N–H and O–H groups in total. The highest BCUT2D eigenvalue weighted by molar-refractivity contribution is 7.76. The molecule has 0 saturated carbocycles. The molecular weight excluding hydrogens is 178 g/mol. The fourth-order valence-electron chi connectivity index (χ4n) is 1.02. The molecule has 5 heteroatoms. The first-order valence-corrected chi connectivity index (χ1v) is 4.36. The maximum atomic E-state index is 10.8. The first-order chi connectivity index (χ1) is 5.68. The van der Waals surface area contributed by atoms with Gasteiger partial charge in [0.2, 0.25) is 5.75 Å². The molecule has 2 rings (SSSR count). The van der Waals surface area contributed by atoms with Crippen LogP contribution in [0.5, 0.6) is 11.5 Å². The normalized spacial score (nSPS) is 19.6. The van der Waals surface area contributed by atoms with Crippen LogP contribution in [0.15, 0.2) is 12.1 Å². The van der Waals surface area contributed by atoms with Gasteiger partial charge >= 0.3 is 11.4 Å². The Hall–Kier alpha value is -1.23. The van der Waals surface area contributed by atoms with E-state index in [2.05, 4.69) is 0 Å². The minimum atomic E-state index is -1.72. The van der Waals surface area contributed by atoms with E-state index in [0.717, 1.165) is 5.56 Å². The molecule has 0 fully saturated rings. The van der Waals surface area contributed by atoms with Gasteiger partial charge in [-0.25, -0.2) is 0 Å². The van der Waals surface area contributed by atoms with Gasteiger partial charge in [-0.2, -0.15) is 4.21 Å². The van der Waals surface area contributed by atoms with E-state index in [0.29, 0.717) is 17.2 Å². The molecule has 0 spiro atoms. The number of rotatable bonds is 0. The summed E-state index contributed by atoms with van der Waals surface area (Å²) in [5.41, 5.74) is 6.88. The maximum absolute atomic E-state index is 10.8. The van der Waals surface area contributed by atoms with Crippen LogP contribution in [-0.4, -0.2) is 4.21 Å². The highest BCUT2D eigenvalue weighted by atomic mass is 32.2. The Bertz CT molecular complexity index is 331. The Labute approximate surface area is 72.1 Å². The topological polar surface area (TPSA) is 61.5 Å². The zero-order valence-corrected chi connectivity index (χ0v) is 7.18. The lowest BCUT2D eigenvalue weighted by Crippen LogP contribution is -1.97. The second-order valence-electron chi connectivity index (χ2n) is 2.50. The van der Waals surface area contributed by atoms with Crippen molar-refractivity contribution in [3.05, 3.63) is 17.7 Å². The molecule has 64 valence electrons. The van der Waals surface area contributed by atoms with E-state index in [-0.39, 0.29) is 0 Å². The third-order valence-corrected chi connectivity index (χ3v) is 2.25. The Kier molecular flexibility index (Phi) is 1.47. The van der Waals surface area contributed by atoms with Crippen LogP contribution in [0, 0.1) is 6.92 Å². The van der Waals surface area contributed by atoms with Crippen LogP contribution in [0.4, 0.5) is 5.69 Å². The zero-order chi connectivity index (χ0) is 8.72. The predicted molar refractivity (Wildman–Crippen MR) is 45.0 cm³/mol. The van der Waals surface area contributed by atoms with E-state index in [1.807, 2.05) is 6.92 Å². The lowest BCUT2D eigenvalue weighted by molar-refractivity contribution is 0.520. The number of anilines is 1. The van der Waals surface area contributed by atoms with Gasteiger partial charge in [0.1, 0.15) is 0 Å². The van der Waals surface area contributed by atoms with Crippen LogP contribution in [0.1, 0.15) is 5.56 Å². The smallest absolute Gasteiger partial charge is 0.396 e. The van der Waals surface area contributed by atoms with Crippen molar-refractivity contribution in [1.82, 2.24) is 0 Å². The molecule has 0 aliphatic carbocycles. The molecule has 1 aromatic carbocycles. The first-order valence-electron chi connectivity index (χ1n) is 3.36. The average Bonchev–Trinajstić information content (AvgIpc) is 2.41. The molecule has 1 aliphatic rings. The summed E-state index contributed by atoms with van der Waals surface area (Å²) >= 11 is -1.72. The highest BCUT2D eigenvalue weighted by Gasteiger charge is 2.25. The molecule has 4 nitrogen and oxygen atoms in total. The van der Waals surface area contributed by atoms with E-state index in [4.69, 9.17) is 14.1 Å². The largest absolute Gasteiger partial charge is 0.418 e. The second-order valence-corrected chi connectivity index (χ2v) is 3.24. The second kappa shape index (κ2) is 2.38. The van der Waals surface area contributed by atoms with Crippen LogP contribution in [0.3, 0.4) is 0 Å². The summed E-state index contributed by atoms with van der Waals surface area (Å²) in [6.45, 7) is 1.84. The van der Waals surface area contributed by atoms with E-state index in [1.165, 1.54) is 0 Å². The molecule has 0 aromatic heterocycles. The molecular formula is C7H7NO3S. The van der Waals surface area contributed by atoms with Crippen molar-refractivity contribution in [2.75, 3.05) is 5.73 Å². The minimum Gasteiger partial charge on any atom is -0.396 e. The number of nitrogen functional groups attached to an aromatic ring is 1. The van der Waals surface area contributed by atoms with Gasteiger partial charge < -0.3 is 14.1 Å². The van der Waals surface area contributed by atoms with Crippen LogP contribution in [-0.2, 0) is 11.4 Å². The van der Waals surface area contributed by atoms with Crippen molar-refractivity contribution in [2.45, 2.75) is 6.92 Å². The summed E-state index contributed by atoms with van der Waals surface area (Å²) in [7, 11) is 0. The minimum absolute atomic E-state index is 0.383. The Morgan fingerprint density at radius 2 is 2.00 bits per heavy atom. The van der Waals surface area contributed by atoms with Gasteiger partial charge in [-0.1, -0.05) is 6.07 Å². The number of aryl methyl sites for hydroxylation is 1. The fraction of sp³-hybridized carbons (Fsp3) is 0.143. The Morgan fingerprint density at radius 3 is 2.67 bits per heavy atom. The maximum Gasteiger partial charge on any atom is 0.418 e. The average molecular weight is 185 g/mol. The summed E-state index contributed by atoms with van der Waals surface area (Å²) in [5, 5.41) is 0. The van der Waals surface area contributed by atoms with Crippen molar-refractivity contribution < 1.29 is 12.6 Å². The molecule has 0 saturated heterocycles. The van der Waals surface area contributed by atoms with Crippen LogP contribution in [0.2, 0.25) is 0 Å². The molecule has 0 bridgehead atoms. The lowest BCUT2D eigenvalue weighted by atomic mass is 10.2. The standard InChI is InChI=1S/C7H7NO3S/c1-4-2-3-5(8)7-6(4)10-12(9)11-7/h2-3H,8H2,1H3. The molecule has 0 radical (unpaired) electrons. The Balaban J connectivity index is 2.64. The molecule has 1 heterocycles. The van der Waals surface area contributed by atoms with Crippen molar-refractivity contribution >= 4 is 17.0 Å². The van der Waals surface area contributed by atoms with Crippen molar-refractivity contribution in [2.24, 2.45) is 0 Å². The van der Waals surface area contributed by atoms with Crippen LogP contribution in [0.25, 0.3) is 0 Å². The summed E-state index contributed by atoms with van der Waals surface area (Å²) in [5.74, 6) is 0.863. The van der Waals surface area contributed by atoms with Crippen LogP contribution < -0.4 is 14.1 Å². The summed E-state index contributed by atoms with van der Waals surface area (Å²) in [6.07, 6.45) is 0. The molecule has 1 aliphatic heterocycles. The number of nitrogens with two attached hydrogens (primary N) is 1. The molecule has 1 aromatic rings. The predicted octanol–water partition coefficient (Wildman–Crippen LogP) is 0.927. The van der Waals surface area contributed by atoms with Gasteiger partial charge in [0, 0.05) is 0 Å². The first kappa shape index (κ1) is 7.42. The summed E-state index contributed by atoms with van der Waals surface area (Å²) in [4.78, 5) is 0. The fourth-order valence-corrected chi connectivity index (χ4v) is 1.70. The van der Waals surface area contributed by atoms with E-state index < -0.39 is 11.4 Å². The summed E-state index contributed by atoms with van der Waals surface area (Å²) < 4.78 is 20.5. The SMILES string of the molecule is Cc1ccc(N)c2c1OS(=O)O2. The van der Waals surface area contributed by atoms with Crippen LogP contribution >= 0.6 is 0 Å². The van der Waals surface area contributed by atoms with Crippen molar-refractivity contribution in [3.8, 4) is 11.5 Å². The molecule has 1 unspecified atom stereocenters. The third kappa shape index (κ3) is 0.937. The monoisotopic (exact) mass is 185 g/mol. The zero-order valence-electron chi connectivity index (χ0n) is 6.37. The van der Waals surface area contributed by atoms with Gasteiger partial charge in [-0.05, 0) is 18.6 Å². The number of hydrogen-bond donors (Lipinski definition) is 1. The van der Waals surface area contributed by atoms with Gasteiger partial charge in [0.15, 0.2) is 5.75 Å². The molecule has 1 atom stereocenters. The highest BCUT2D eigenvalue weighted by Crippen LogP contribution is 2.41. The van der Waals surface area contributed by atoms with E-state index >= 15 is 0 Å². The van der Waals surface area contributed by atoms with Crippen molar-refractivity contribution in [1.29, 1.82) is 0 Å². The quantitative estimate of drug-likeness (QED) is 0.611. The van der Waals surface area contributed by atoms with Gasteiger partial charge in [0.25, 0.3) is 0 Å². The van der Waals surface area contributed by atoms with Crippen molar-refractivity contribution in [3.63, 3.8) is 0 Å². The number of hydrogen-bond acceptors (Lipinski definition) is 4. The Morgan fingerprint density at radius 1 is 1.33 bits per heavy atom. The van der Waals surface area contributed by atoms with E-state index in [1.54, 1.807) is 12.1 Å². The molecule has 0 amide bonds. The number of benzene rings is 1. The lowest BCUT2D eigenvalue weighted by Gasteiger charge is -1.99.